The molecule has 0 aliphatic rings. The predicted octanol–water partition coefficient (Wildman–Crippen LogP) is 2.20. The SMILES string of the molecule is [2H]SSc1ccc(CO[C-]=O)cc1.[V]. The van der Waals surface area contributed by atoms with Crippen LogP contribution in [0.4, 0.5) is 0 Å². The second-order valence-corrected chi connectivity index (χ2v) is 3.24. The first-order valence-electron chi connectivity index (χ1n) is 3.65. The van der Waals surface area contributed by atoms with Gasteiger partial charge in [0.1, 0.15) is 1.12 Å². The molecule has 0 unspecified atom stereocenters. The van der Waals surface area contributed by atoms with Crippen molar-refractivity contribution in [2.45, 2.75) is 11.5 Å². The van der Waals surface area contributed by atoms with E-state index in [2.05, 4.69) is 4.74 Å². The summed E-state index contributed by atoms with van der Waals surface area (Å²) in [7, 11) is 1.37. The van der Waals surface area contributed by atoms with Gasteiger partial charge in [0.15, 0.2) is 0 Å². The van der Waals surface area contributed by atoms with Crippen molar-refractivity contribution in [3.8, 4) is 0 Å². The van der Waals surface area contributed by atoms with E-state index in [-0.39, 0.29) is 25.2 Å². The Morgan fingerprint density at radius 2 is 2.23 bits per heavy atom. The maximum Gasteiger partial charge on any atom is 0.115 e. The first kappa shape index (κ1) is 11.1. The van der Waals surface area contributed by atoms with Gasteiger partial charge in [0.05, 0.1) is 6.61 Å². The van der Waals surface area contributed by atoms with Gasteiger partial charge in [-0.3, -0.25) is 0 Å². The zero-order valence-corrected chi connectivity index (χ0v) is 9.63. The van der Waals surface area contributed by atoms with Crippen molar-refractivity contribution >= 4 is 28.8 Å². The summed E-state index contributed by atoms with van der Waals surface area (Å²) >= 11 is 0.952. The van der Waals surface area contributed by atoms with Gasteiger partial charge >= 0.3 is 0 Å². The van der Waals surface area contributed by atoms with E-state index in [1.807, 2.05) is 24.3 Å². The minimum Gasteiger partial charge on any atom is -0.650 e. The fourth-order valence-electron chi connectivity index (χ4n) is 0.754. The Balaban J connectivity index is 0.00000169. The van der Waals surface area contributed by atoms with Gasteiger partial charge in [0.2, 0.25) is 0 Å². The molecule has 5 heteroatoms. The van der Waals surface area contributed by atoms with Crippen LogP contribution in [-0.2, 0) is 34.7 Å². The number of benzene rings is 1. The number of thiol groups is 1. The topological polar surface area (TPSA) is 26.3 Å². The van der Waals surface area contributed by atoms with Crippen LogP contribution in [-0.4, -0.2) is 7.60 Å². The second-order valence-electron chi connectivity index (χ2n) is 2.10. The van der Waals surface area contributed by atoms with Crippen molar-refractivity contribution in [1.82, 2.24) is 0 Å². The molecule has 0 aliphatic carbocycles. The van der Waals surface area contributed by atoms with E-state index in [1.165, 1.54) is 17.3 Å². The van der Waals surface area contributed by atoms with Crippen LogP contribution in [0.15, 0.2) is 29.2 Å². The molecule has 0 heterocycles. The average Bonchev–Trinajstić information content (AvgIpc) is 2.17. The Morgan fingerprint density at radius 1 is 1.54 bits per heavy atom. The van der Waals surface area contributed by atoms with Gasteiger partial charge in [-0.05, 0) is 17.7 Å². The van der Waals surface area contributed by atoms with Crippen molar-refractivity contribution < 1.29 is 28.1 Å². The molecular formula is C8H7O2S2V-. The third-order valence-electron chi connectivity index (χ3n) is 1.32. The predicted molar refractivity (Wildman–Crippen MR) is 51.8 cm³/mol. The standard InChI is InChI=1S/C8H7O2S2.V/c9-6-10-5-7-1-3-8(12-11)4-2-7;/h1-4,11H,5H2;/q-1;/i/hD. The molecule has 0 aliphatic heterocycles. The molecule has 1 radical (unpaired) electrons. The van der Waals surface area contributed by atoms with Gasteiger partial charge in [-0.1, -0.05) is 29.4 Å². The van der Waals surface area contributed by atoms with E-state index in [0.29, 0.717) is 0 Å². The Morgan fingerprint density at radius 3 is 2.77 bits per heavy atom. The largest absolute Gasteiger partial charge is 0.650 e. The van der Waals surface area contributed by atoms with Crippen LogP contribution in [0.2, 0.25) is 0 Å². The van der Waals surface area contributed by atoms with Crippen molar-refractivity contribution in [2.75, 3.05) is 0 Å². The van der Waals surface area contributed by atoms with Crippen molar-refractivity contribution in [3.05, 3.63) is 29.8 Å². The van der Waals surface area contributed by atoms with E-state index in [0.717, 1.165) is 22.0 Å². The van der Waals surface area contributed by atoms with Crippen LogP contribution < -0.4 is 0 Å². The third-order valence-corrected chi connectivity index (χ3v) is 2.36. The van der Waals surface area contributed by atoms with Crippen LogP contribution in [0.1, 0.15) is 5.56 Å². The van der Waals surface area contributed by atoms with Crippen molar-refractivity contribution in [3.63, 3.8) is 0 Å². The summed E-state index contributed by atoms with van der Waals surface area (Å²) < 4.78 is 11.4. The molecule has 0 fully saturated rings. The summed E-state index contributed by atoms with van der Waals surface area (Å²) in [6.07, 6.45) is 0. The number of rotatable bonds is 5. The monoisotopic (exact) mass is 251 g/mol. The molecule has 2 nitrogen and oxygen atoms in total. The van der Waals surface area contributed by atoms with Gasteiger partial charge < -0.3 is 9.53 Å². The summed E-state index contributed by atoms with van der Waals surface area (Å²) in [5, 5.41) is 0. The maximum absolute atomic E-state index is 9.77. The van der Waals surface area contributed by atoms with Gasteiger partial charge in [-0.2, -0.15) is 0 Å². The van der Waals surface area contributed by atoms with Crippen LogP contribution in [0.25, 0.3) is 0 Å². The van der Waals surface area contributed by atoms with E-state index in [4.69, 9.17) is 1.12 Å². The molecule has 0 spiro atoms. The zero-order chi connectivity index (χ0) is 9.52. The summed E-state index contributed by atoms with van der Waals surface area (Å²) in [4.78, 5) is 10.8. The molecule has 0 saturated heterocycles. The van der Waals surface area contributed by atoms with Crippen LogP contribution >= 0.6 is 22.4 Å². The van der Waals surface area contributed by atoms with Crippen LogP contribution in [0.3, 0.4) is 0 Å². The number of ether oxygens (including phenoxy) is 1. The Kier molecular flexibility index (Phi) is 6.28. The second kappa shape index (κ2) is 7.38. The molecule has 0 saturated carbocycles. The molecule has 69 valence electrons. The van der Waals surface area contributed by atoms with Gasteiger partial charge in [0, 0.05) is 23.5 Å². The minimum absolute atomic E-state index is 0. The normalized spacial score (nSPS) is 9.69. The average molecular weight is 251 g/mol. The smallest absolute Gasteiger partial charge is 0.115 e. The fraction of sp³-hybridized carbons (Fsp3) is 0.125. The molecule has 1 rings (SSSR count). The molecule has 0 aromatic heterocycles. The summed E-state index contributed by atoms with van der Waals surface area (Å²) in [6, 6.07) is 7.48. The summed E-state index contributed by atoms with van der Waals surface area (Å²) in [5.41, 5.74) is 0.919. The molecule has 1 aromatic carbocycles. The maximum atomic E-state index is 9.77. The quantitative estimate of drug-likeness (QED) is 0.493. The van der Waals surface area contributed by atoms with Crippen molar-refractivity contribution in [2.24, 2.45) is 0 Å². The first-order chi connectivity index (χ1) is 6.36. The van der Waals surface area contributed by atoms with Crippen molar-refractivity contribution in [1.29, 1.82) is 1.12 Å². The summed E-state index contributed by atoms with van der Waals surface area (Å²) in [6.45, 7) is 1.62. The van der Waals surface area contributed by atoms with E-state index >= 15 is 0 Å². The Bertz CT molecular complexity index is 269. The van der Waals surface area contributed by atoms with E-state index < -0.39 is 0 Å². The first-order valence-corrected chi connectivity index (χ1v) is 4.98. The van der Waals surface area contributed by atoms with Gasteiger partial charge in [-0.25, -0.2) is 0 Å². The minimum atomic E-state index is 0. The van der Waals surface area contributed by atoms with Gasteiger partial charge in [-0.15, -0.1) is 11.6 Å². The fourth-order valence-corrected chi connectivity index (χ4v) is 1.33. The molecular weight excluding hydrogens is 243 g/mol. The number of hydrogen-bond donors (Lipinski definition) is 1. The van der Waals surface area contributed by atoms with Gasteiger partial charge in [0.25, 0.3) is 0 Å². The Labute approximate surface area is 99.2 Å². The third kappa shape index (κ3) is 4.67. The number of carbonyl (C=O) groups excluding carboxylic acids is 1. The van der Waals surface area contributed by atoms with E-state index in [9.17, 15) is 4.79 Å². The molecule has 0 atom stereocenters. The van der Waals surface area contributed by atoms with Crippen LogP contribution in [0, 0.1) is 0 Å². The van der Waals surface area contributed by atoms with E-state index in [1.54, 1.807) is 0 Å². The molecule has 0 bridgehead atoms. The summed E-state index contributed by atoms with van der Waals surface area (Å²) in [5.74, 6) is 0. The molecule has 1 aromatic rings. The Hall–Kier alpha value is -0.0256. The zero-order valence-electron chi connectivity index (χ0n) is 7.60. The van der Waals surface area contributed by atoms with Crippen LogP contribution in [0.5, 0.6) is 0 Å². The molecule has 13 heavy (non-hydrogen) atoms. The number of hydrogen-bond acceptors (Lipinski definition) is 4. The molecule has 0 N–H and O–H groups in total. The molecule has 0 amide bonds.